The molecule has 2 aromatic carbocycles. The summed E-state index contributed by atoms with van der Waals surface area (Å²) in [6.07, 6.45) is 46.5. The van der Waals surface area contributed by atoms with E-state index < -0.39 is 0 Å². The molecule has 2 aromatic rings. The van der Waals surface area contributed by atoms with Gasteiger partial charge in [-0.1, -0.05) is 110 Å². The van der Waals surface area contributed by atoms with Crippen LogP contribution in [0, 0.1) is 11.8 Å². The van der Waals surface area contributed by atoms with Crippen molar-refractivity contribution in [1.29, 1.82) is 0 Å². The molecule has 1 saturated carbocycles. The van der Waals surface area contributed by atoms with Crippen molar-refractivity contribution in [3.8, 4) is 0 Å². The Kier molecular flexibility index (Phi) is 7.02. The highest BCUT2D eigenvalue weighted by Crippen LogP contribution is 2.50. The van der Waals surface area contributed by atoms with E-state index in [-0.39, 0.29) is 0 Å². The fourth-order valence-corrected chi connectivity index (χ4v) is 9.84. The minimum atomic E-state index is 0.397. The SMILES string of the molecule is C1=CCC(C2=CCCC=C2)C(c2c3c(c(C4C=CC(N5C6=C(C=CCC6)C6CCCCC65)=CC4)c4ccccc24)C=CCC3)=C1. The normalized spacial score (nSPS) is 28.5. The Bertz CT molecular complexity index is 1830. The maximum absolute atomic E-state index is 2.80. The molecule has 0 aromatic heterocycles. The van der Waals surface area contributed by atoms with Crippen molar-refractivity contribution < 1.29 is 0 Å². The molecular weight excluding hydrogens is 542 g/mol. The van der Waals surface area contributed by atoms with Crippen LogP contribution >= 0.6 is 0 Å². The van der Waals surface area contributed by atoms with Crippen molar-refractivity contribution in [3.63, 3.8) is 0 Å². The van der Waals surface area contributed by atoms with Crippen LogP contribution in [0.15, 0.2) is 120 Å². The second kappa shape index (κ2) is 11.5. The molecule has 1 heteroatoms. The number of nitrogens with zero attached hydrogens (tertiary/aromatic N) is 1. The Morgan fingerprint density at radius 3 is 2.49 bits per heavy atom. The third kappa shape index (κ3) is 4.57. The number of hydrogen-bond donors (Lipinski definition) is 0. The van der Waals surface area contributed by atoms with Gasteiger partial charge in [0, 0.05) is 35.2 Å². The average Bonchev–Trinajstić information content (AvgIpc) is 3.45. The first-order valence-corrected chi connectivity index (χ1v) is 17.9. The van der Waals surface area contributed by atoms with Gasteiger partial charge in [0.2, 0.25) is 0 Å². The molecule has 0 saturated heterocycles. The zero-order chi connectivity index (χ0) is 29.7. The van der Waals surface area contributed by atoms with Gasteiger partial charge in [-0.25, -0.2) is 0 Å². The highest BCUT2D eigenvalue weighted by molar-refractivity contribution is 6.02. The molecule has 4 atom stereocenters. The summed E-state index contributed by atoms with van der Waals surface area (Å²) in [4.78, 5) is 2.80. The van der Waals surface area contributed by atoms with E-state index in [1.54, 1.807) is 22.4 Å². The number of allylic oxidation sites excluding steroid dienone is 15. The molecule has 45 heavy (non-hydrogen) atoms. The van der Waals surface area contributed by atoms with Gasteiger partial charge in [0.25, 0.3) is 0 Å². The van der Waals surface area contributed by atoms with Crippen LogP contribution < -0.4 is 0 Å². The monoisotopic (exact) mass is 587 g/mol. The highest BCUT2D eigenvalue weighted by atomic mass is 15.2. The third-order valence-electron chi connectivity index (χ3n) is 11.8. The molecule has 1 heterocycles. The summed E-state index contributed by atoms with van der Waals surface area (Å²) < 4.78 is 0. The maximum atomic E-state index is 2.80. The Labute approximate surface area is 269 Å². The van der Waals surface area contributed by atoms with E-state index in [1.165, 1.54) is 83.7 Å². The van der Waals surface area contributed by atoms with Crippen LogP contribution in [0.5, 0.6) is 0 Å². The standard InChI is InChI=1S/C44H45N/c1-2-14-30(15-3-1)33-16-4-5-19-36(33)44-39-22-8-6-20-37(39)43(38-21-7-9-23-40(38)44)31-26-28-32(29-27-31)45-41-24-12-10-17-34(41)35-18-11-13-25-42(35)45/h2,4-8,10,14-15,17,19-22,26,28-29,31,33,35,42H,1,3,9,11-13,16,18,23-25,27H2. The fraction of sp³-hybridized carbons (Fsp3) is 0.364. The van der Waals surface area contributed by atoms with Crippen molar-refractivity contribution in [1.82, 2.24) is 4.90 Å². The molecular formula is C44H45N. The Morgan fingerprint density at radius 2 is 1.60 bits per heavy atom. The smallest absolute Gasteiger partial charge is 0.0408 e. The predicted molar refractivity (Wildman–Crippen MR) is 191 cm³/mol. The predicted octanol–water partition coefficient (Wildman–Crippen LogP) is 11.4. The summed E-state index contributed by atoms with van der Waals surface area (Å²) in [5.41, 5.74) is 13.9. The summed E-state index contributed by atoms with van der Waals surface area (Å²) in [6.45, 7) is 0. The molecule has 0 radical (unpaired) electrons. The highest BCUT2D eigenvalue weighted by Gasteiger charge is 2.42. The maximum Gasteiger partial charge on any atom is 0.0408 e. The first kappa shape index (κ1) is 27.5. The lowest BCUT2D eigenvalue weighted by Gasteiger charge is -2.37. The van der Waals surface area contributed by atoms with Crippen LogP contribution in [0.1, 0.15) is 98.8 Å². The van der Waals surface area contributed by atoms with Gasteiger partial charge in [-0.15, -0.1) is 0 Å². The van der Waals surface area contributed by atoms with Crippen LogP contribution in [0.2, 0.25) is 0 Å². The second-order valence-corrected chi connectivity index (χ2v) is 14.2. The van der Waals surface area contributed by atoms with Crippen LogP contribution in [-0.2, 0) is 6.42 Å². The Hall–Kier alpha value is -3.84. The minimum absolute atomic E-state index is 0.397. The summed E-state index contributed by atoms with van der Waals surface area (Å²) in [6, 6.07) is 10.0. The quantitative estimate of drug-likeness (QED) is 0.344. The van der Waals surface area contributed by atoms with E-state index in [0.29, 0.717) is 17.9 Å². The first-order chi connectivity index (χ1) is 22.4. The summed E-state index contributed by atoms with van der Waals surface area (Å²) in [5.74, 6) is 1.57. The van der Waals surface area contributed by atoms with E-state index in [9.17, 15) is 0 Å². The van der Waals surface area contributed by atoms with Gasteiger partial charge >= 0.3 is 0 Å². The average molecular weight is 588 g/mol. The number of hydrogen-bond acceptors (Lipinski definition) is 1. The lowest BCUT2D eigenvalue weighted by atomic mass is 9.72. The van der Waals surface area contributed by atoms with Gasteiger partial charge in [0.1, 0.15) is 0 Å². The van der Waals surface area contributed by atoms with Gasteiger partial charge < -0.3 is 4.90 Å². The lowest BCUT2D eigenvalue weighted by molar-refractivity contribution is 0.227. The van der Waals surface area contributed by atoms with Gasteiger partial charge in [-0.3, -0.25) is 0 Å². The molecule has 0 spiro atoms. The molecule has 226 valence electrons. The van der Waals surface area contributed by atoms with E-state index in [1.807, 2.05) is 0 Å². The van der Waals surface area contributed by atoms with Crippen molar-refractivity contribution in [3.05, 3.63) is 142 Å². The Morgan fingerprint density at radius 1 is 0.733 bits per heavy atom. The molecule has 0 amide bonds. The van der Waals surface area contributed by atoms with Gasteiger partial charge in [-0.2, -0.15) is 0 Å². The van der Waals surface area contributed by atoms with E-state index in [0.717, 1.165) is 38.0 Å². The summed E-state index contributed by atoms with van der Waals surface area (Å²) in [5, 5.41) is 2.90. The zero-order valence-corrected chi connectivity index (χ0v) is 26.6. The number of rotatable bonds is 4. The Balaban J connectivity index is 1.12. The summed E-state index contributed by atoms with van der Waals surface area (Å²) in [7, 11) is 0. The summed E-state index contributed by atoms with van der Waals surface area (Å²) >= 11 is 0. The van der Waals surface area contributed by atoms with Crippen LogP contribution in [0.25, 0.3) is 22.4 Å². The van der Waals surface area contributed by atoms with Crippen LogP contribution in [0.3, 0.4) is 0 Å². The molecule has 4 unspecified atom stereocenters. The first-order valence-electron chi connectivity index (χ1n) is 17.9. The largest absolute Gasteiger partial charge is 0.341 e. The van der Waals surface area contributed by atoms with E-state index >= 15 is 0 Å². The number of benzene rings is 2. The molecule has 6 aliphatic carbocycles. The van der Waals surface area contributed by atoms with Crippen molar-refractivity contribution in [2.45, 2.75) is 89.0 Å². The third-order valence-corrected chi connectivity index (χ3v) is 11.8. The molecule has 1 nitrogen and oxygen atoms in total. The van der Waals surface area contributed by atoms with E-state index in [2.05, 4.69) is 108 Å². The van der Waals surface area contributed by atoms with Gasteiger partial charge in [0.15, 0.2) is 0 Å². The lowest BCUT2D eigenvalue weighted by Crippen LogP contribution is -2.35. The second-order valence-electron chi connectivity index (χ2n) is 14.2. The van der Waals surface area contributed by atoms with Crippen molar-refractivity contribution >= 4 is 22.4 Å². The van der Waals surface area contributed by atoms with Crippen LogP contribution in [-0.4, -0.2) is 10.9 Å². The number of fused-ring (bicyclic) bond motifs is 4. The molecule has 0 bridgehead atoms. The van der Waals surface area contributed by atoms with Gasteiger partial charge in [0.05, 0.1) is 0 Å². The minimum Gasteiger partial charge on any atom is -0.341 e. The topological polar surface area (TPSA) is 3.24 Å². The zero-order valence-electron chi connectivity index (χ0n) is 26.6. The molecule has 9 rings (SSSR count). The van der Waals surface area contributed by atoms with Gasteiger partial charge in [-0.05, 0) is 120 Å². The van der Waals surface area contributed by atoms with Crippen molar-refractivity contribution in [2.75, 3.05) is 0 Å². The van der Waals surface area contributed by atoms with E-state index in [4.69, 9.17) is 0 Å². The van der Waals surface area contributed by atoms with Crippen molar-refractivity contribution in [2.24, 2.45) is 11.8 Å². The molecule has 1 fully saturated rings. The molecule has 1 aliphatic heterocycles. The fourth-order valence-electron chi connectivity index (χ4n) is 9.84. The molecule has 7 aliphatic rings. The molecule has 0 N–H and O–H groups in total. The van der Waals surface area contributed by atoms with Crippen LogP contribution in [0.4, 0.5) is 0 Å².